The van der Waals surface area contributed by atoms with Crippen LogP contribution in [-0.4, -0.2) is 22.0 Å². The molecule has 0 saturated heterocycles. The Hall–Kier alpha value is -2.72. The van der Waals surface area contributed by atoms with Crippen molar-refractivity contribution in [1.82, 2.24) is 20.6 Å². The smallest absolute Gasteiger partial charge is 0.335 e. The fourth-order valence-corrected chi connectivity index (χ4v) is 4.43. The van der Waals surface area contributed by atoms with E-state index in [0.717, 1.165) is 48.5 Å². The molecule has 1 saturated carbocycles. The second kappa shape index (κ2) is 11.8. The zero-order valence-corrected chi connectivity index (χ0v) is 20.7. The number of carbonyl (C=O) groups excluding carboxylic acids is 1. The summed E-state index contributed by atoms with van der Waals surface area (Å²) >= 11 is 7.51. The maximum atomic E-state index is 13.9. The van der Waals surface area contributed by atoms with Crippen molar-refractivity contribution in [3.63, 3.8) is 0 Å². The van der Waals surface area contributed by atoms with Crippen LogP contribution in [-0.2, 0) is 6.18 Å². The maximum Gasteiger partial charge on any atom is 0.416 e. The minimum Gasteiger partial charge on any atom is -0.335 e. The first-order chi connectivity index (χ1) is 16.5. The molecule has 35 heavy (non-hydrogen) atoms. The summed E-state index contributed by atoms with van der Waals surface area (Å²) in [6.45, 7) is 4.02. The standard InChI is InChI=1S/C19H18ClF4N3O.C5H7NS/c20-13-5-6-16(25-10-13)17(27-18(28)26-15-3-1-2-4-15)11-7-12(19(22,23)24)9-14(21)8-11;1-4-3-7-5(2)6-4/h5-10,15,17H,1-4H2,(H2,26,27,28);3H,1-2H3/t17-;/m0./s1. The molecule has 1 aromatic carbocycles. The number of nitrogens with one attached hydrogen (secondary N) is 2. The highest BCUT2D eigenvalue weighted by molar-refractivity contribution is 7.09. The third kappa shape index (κ3) is 8.17. The van der Waals surface area contributed by atoms with Gasteiger partial charge < -0.3 is 10.6 Å². The van der Waals surface area contributed by atoms with E-state index in [2.05, 4.69) is 26.0 Å². The number of pyridine rings is 1. The van der Waals surface area contributed by atoms with Gasteiger partial charge in [0.1, 0.15) is 5.82 Å². The number of aromatic nitrogens is 2. The van der Waals surface area contributed by atoms with Crippen molar-refractivity contribution in [3.8, 4) is 0 Å². The summed E-state index contributed by atoms with van der Waals surface area (Å²) < 4.78 is 53.2. The summed E-state index contributed by atoms with van der Waals surface area (Å²) in [7, 11) is 0. The van der Waals surface area contributed by atoms with E-state index < -0.39 is 29.6 Å². The molecular weight excluding hydrogens is 504 g/mol. The van der Waals surface area contributed by atoms with Gasteiger partial charge in [0.2, 0.25) is 0 Å². The van der Waals surface area contributed by atoms with E-state index in [1.165, 1.54) is 18.3 Å². The molecule has 0 aliphatic heterocycles. The normalized spacial score (nSPS) is 14.7. The van der Waals surface area contributed by atoms with Gasteiger partial charge in [-0.3, -0.25) is 4.98 Å². The summed E-state index contributed by atoms with van der Waals surface area (Å²) in [5, 5.41) is 8.94. The Morgan fingerprint density at radius 1 is 1.17 bits per heavy atom. The Morgan fingerprint density at radius 3 is 2.40 bits per heavy atom. The molecule has 5 nitrogen and oxygen atoms in total. The van der Waals surface area contributed by atoms with Crippen molar-refractivity contribution in [1.29, 1.82) is 0 Å². The minimum absolute atomic E-state index is 0.0112. The Balaban J connectivity index is 0.000000420. The highest BCUT2D eigenvalue weighted by atomic mass is 35.5. The summed E-state index contributed by atoms with van der Waals surface area (Å²) in [6, 6.07) is 3.53. The number of carbonyl (C=O) groups is 1. The molecule has 4 rings (SSSR count). The van der Waals surface area contributed by atoms with Crippen LogP contribution in [0.15, 0.2) is 41.9 Å². The van der Waals surface area contributed by atoms with Crippen LogP contribution in [0.5, 0.6) is 0 Å². The Bertz CT molecular complexity index is 1110. The van der Waals surface area contributed by atoms with E-state index >= 15 is 0 Å². The van der Waals surface area contributed by atoms with Gasteiger partial charge in [-0.05, 0) is 62.6 Å². The second-order valence-corrected chi connectivity index (χ2v) is 9.71. The Labute approximate surface area is 210 Å². The van der Waals surface area contributed by atoms with Crippen molar-refractivity contribution in [3.05, 3.63) is 80.3 Å². The van der Waals surface area contributed by atoms with Gasteiger partial charge in [0.15, 0.2) is 0 Å². The van der Waals surface area contributed by atoms with Crippen LogP contribution in [0.2, 0.25) is 5.02 Å². The van der Waals surface area contributed by atoms with Gasteiger partial charge in [-0.2, -0.15) is 13.2 Å². The van der Waals surface area contributed by atoms with Gasteiger partial charge in [-0.15, -0.1) is 11.3 Å². The quantitative estimate of drug-likeness (QED) is 0.359. The van der Waals surface area contributed by atoms with Crippen LogP contribution >= 0.6 is 22.9 Å². The number of halogens is 5. The molecule has 2 heterocycles. The number of benzene rings is 1. The maximum absolute atomic E-state index is 13.9. The van der Waals surface area contributed by atoms with E-state index in [4.69, 9.17) is 11.6 Å². The molecule has 1 fully saturated rings. The van der Waals surface area contributed by atoms with Crippen LogP contribution in [0.3, 0.4) is 0 Å². The van der Waals surface area contributed by atoms with Crippen molar-refractivity contribution in [2.75, 3.05) is 0 Å². The van der Waals surface area contributed by atoms with Gasteiger partial charge in [0.25, 0.3) is 0 Å². The molecule has 0 unspecified atom stereocenters. The third-order valence-corrected chi connectivity index (χ3v) is 6.44. The second-order valence-electron chi connectivity index (χ2n) is 8.21. The van der Waals surface area contributed by atoms with E-state index in [1.54, 1.807) is 11.3 Å². The van der Waals surface area contributed by atoms with Crippen LogP contribution in [0.1, 0.15) is 59.2 Å². The predicted octanol–water partition coefficient (Wildman–Crippen LogP) is 6.98. The number of hydrogen-bond acceptors (Lipinski definition) is 4. The molecule has 0 spiro atoms. The number of amides is 2. The summed E-state index contributed by atoms with van der Waals surface area (Å²) in [5.74, 6) is -1.05. The first-order valence-electron chi connectivity index (χ1n) is 11.0. The van der Waals surface area contributed by atoms with Gasteiger partial charge in [0, 0.05) is 23.3 Å². The molecule has 2 N–H and O–H groups in total. The number of urea groups is 1. The van der Waals surface area contributed by atoms with Crippen molar-refractivity contribution in [2.45, 2.75) is 57.8 Å². The average molecular weight is 529 g/mol. The molecule has 3 aromatic rings. The Kier molecular flexibility index (Phi) is 9.07. The summed E-state index contributed by atoms with van der Waals surface area (Å²) in [6.07, 6.45) is 0.286. The van der Waals surface area contributed by atoms with Crippen molar-refractivity contribution < 1.29 is 22.4 Å². The van der Waals surface area contributed by atoms with E-state index in [-0.39, 0.29) is 17.3 Å². The molecule has 2 aromatic heterocycles. The monoisotopic (exact) mass is 528 g/mol. The molecule has 0 radical (unpaired) electrons. The first-order valence-corrected chi connectivity index (χ1v) is 12.2. The van der Waals surface area contributed by atoms with Crippen molar-refractivity contribution >= 4 is 29.0 Å². The molecule has 188 valence electrons. The van der Waals surface area contributed by atoms with Crippen LogP contribution in [0.25, 0.3) is 0 Å². The Morgan fingerprint density at radius 2 is 1.89 bits per heavy atom. The summed E-state index contributed by atoms with van der Waals surface area (Å²) in [4.78, 5) is 20.6. The lowest BCUT2D eigenvalue weighted by atomic mass is 10.00. The number of thiazole rings is 1. The molecule has 0 bridgehead atoms. The fraction of sp³-hybridized carbons (Fsp3) is 0.375. The number of aryl methyl sites for hydroxylation is 2. The van der Waals surface area contributed by atoms with Crippen LogP contribution < -0.4 is 10.6 Å². The SMILES string of the molecule is Cc1csc(C)n1.O=C(NC1CCCC1)N[C@@H](c1cc(F)cc(C(F)(F)F)c1)c1ccc(Cl)cn1. The van der Waals surface area contributed by atoms with Gasteiger partial charge in [0.05, 0.1) is 27.3 Å². The molecule has 1 atom stereocenters. The number of alkyl halides is 3. The minimum atomic E-state index is -4.72. The largest absolute Gasteiger partial charge is 0.416 e. The number of rotatable bonds is 4. The lowest BCUT2D eigenvalue weighted by Crippen LogP contribution is -2.43. The molecule has 1 aliphatic rings. The summed E-state index contributed by atoms with van der Waals surface area (Å²) in [5.41, 5.74) is 0.162. The molecular formula is C24H25ClF4N4OS. The predicted molar refractivity (Wildman–Crippen MR) is 128 cm³/mol. The fourth-order valence-electron chi connectivity index (χ4n) is 3.73. The van der Waals surface area contributed by atoms with Gasteiger partial charge >= 0.3 is 12.2 Å². The van der Waals surface area contributed by atoms with E-state index in [9.17, 15) is 22.4 Å². The molecule has 2 amide bonds. The van der Waals surface area contributed by atoms with Crippen molar-refractivity contribution in [2.24, 2.45) is 0 Å². The lowest BCUT2D eigenvalue weighted by molar-refractivity contribution is -0.137. The lowest BCUT2D eigenvalue weighted by Gasteiger charge is -2.22. The van der Waals surface area contributed by atoms with Crippen LogP contribution in [0.4, 0.5) is 22.4 Å². The van der Waals surface area contributed by atoms with Crippen LogP contribution in [0, 0.1) is 19.7 Å². The molecule has 11 heteroatoms. The van der Waals surface area contributed by atoms with Gasteiger partial charge in [-0.25, -0.2) is 14.2 Å². The third-order valence-electron chi connectivity index (χ3n) is 5.33. The number of nitrogens with zero attached hydrogens (tertiary/aromatic N) is 2. The molecule has 1 aliphatic carbocycles. The van der Waals surface area contributed by atoms with Gasteiger partial charge in [-0.1, -0.05) is 24.4 Å². The highest BCUT2D eigenvalue weighted by Gasteiger charge is 2.33. The van der Waals surface area contributed by atoms with E-state index in [0.29, 0.717) is 11.1 Å². The zero-order valence-electron chi connectivity index (χ0n) is 19.1. The van der Waals surface area contributed by atoms with E-state index in [1.807, 2.05) is 13.8 Å². The average Bonchev–Trinajstić information content (AvgIpc) is 3.43. The highest BCUT2D eigenvalue weighted by Crippen LogP contribution is 2.33. The zero-order chi connectivity index (χ0) is 25.6. The topological polar surface area (TPSA) is 66.9 Å². The first kappa shape index (κ1) is 26.9. The number of hydrogen-bond donors (Lipinski definition) is 2.